The normalized spacial score (nSPS) is 12.3. The number of carbonyl (C=O) groups is 2. The number of nitrogens with one attached hydrogen (secondary N) is 1. The Labute approximate surface area is 191 Å². The third-order valence-electron chi connectivity index (χ3n) is 4.94. The lowest BCUT2D eigenvalue weighted by atomic mass is 10.1. The van der Waals surface area contributed by atoms with E-state index in [0.29, 0.717) is 27.8 Å². The van der Waals surface area contributed by atoms with Crippen LogP contribution in [0.15, 0.2) is 46.9 Å². The molecule has 30 heavy (non-hydrogen) atoms. The summed E-state index contributed by atoms with van der Waals surface area (Å²) in [5.41, 5.74) is 3.08. The van der Waals surface area contributed by atoms with Crippen LogP contribution in [0.5, 0.6) is 5.75 Å². The van der Waals surface area contributed by atoms with Crippen LogP contribution in [0.2, 0.25) is 5.02 Å². The molecule has 5 nitrogen and oxygen atoms in total. The van der Waals surface area contributed by atoms with Crippen molar-refractivity contribution >= 4 is 56.4 Å². The van der Waals surface area contributed by atoms with E-state index in [1.54, 1.807) is 32.3 Å². The van der Waals surface area contributed by atoms with Crippen molar-refractivity contribution < 1.29 is 14.3 Å². The third kappa shape index (κ3) is 3.85. The van der Waals surface area contributed by atoms with Crippen LogP contribution in [0.3, 0.4) is 0 Å². The Kier molecular flexibility index (Phi) is 5.86. The highest BCUT2D eigenvalue weighted by molar-refractivity contribution is 9.10. The second-order valence-corrected chi connectivity index (χ2v) is 9.19. The van der Waals surface area contributed by atoms with Gasteiger partial charge in [-0.05, 0) is 48.0 Å². The van der Waals surface area contributed by atoms with Gasteiger partial charge in [-0.3, -0.25) is 9.59 Å². The topological polar surface area (TPSA) is 58.6 Å². The first-order valence-electron chi connectivity index (χ1n) is 9.24. The van der Waals surface area contributed by atoms with E-state index >= 15 is 0 Å². The number of hydrogen-bond acceptors (Lipinski definition) is 4. The summed E-state index contributed by atoms with van der Waals surface area (Å²) in [5.74, 6) is 0.430. The number of thiophene rings is 1. The summed E-state index contributed by atoms with van der Waals surface area (Å²) in [6, 6.07) is 12.8. The van der Waals surface area contributed by atoms with Crippen molar-refractivity contribution in [3.8, 4) is 16.2 Å². The first-order chi connectivity index (χ1) is 14.4. The molecule has 0 radical (unpaired) electrons. The highest BCUT2D eigenvalue weighted by atomic mass is 79.9. The fourth-order valence-electron chi connectivity index (χ4n) is 3.36. The Morgan fingerprint density at radius 2 is 2.00 bits per heavy atom. The van der Waals surface area contributed by atoms with Crippen LogP contribution in [0, 0.1) is 0 Å². The molecule has 0 unspecified atom stereocenters. The Hall–Kier alpha value is -2.35. The predicted molar refractivity (Wildman–Crippen MR) is 124 cm³/mol. The zero-order valence-corrected chi connectivity index (χ0v) is 19.5. The summed E-state index contributed by atoms with van der Waals surface area (Å²) in [7, 11) is 3.24. The van der Waals surface area contributed by atoms with Crippen molar-refractivity contribution in [2.75, 3.05) is 25.6 Å². The molecule has 0 saturated heterocycles. The van der Waals surface area contributed by atoms with Crippen molar-refractivity contribution in [2.24, 2.45) is 0 Å². The number of anilines is 1. The lowest BCUT2D eigenvalue weighted by Gasteiger charge is -2.18. The number of rotatable bonds is 3. The monoisotopic (exact) mass is 504 g/mol. The smallest absolute Gasteiger partial charge is 0.268 e. The average Bonchev–Trinajstić information content (AvgIpc) is 3.08. The quantitative estimate of drug-likeness (QED) is 0.518. The van der Waals surface area contributed by atoms with Gasteiger partial charge in [0.05, 0.1) is 22.2 Å². The summed E-state index contributed by atoms with van der Waals surface area (Å²) < 4.78 is 6.82. The van der Waals surface area contributed by atoms with E-state index in [1.165, 1.54) is 16.2 Å². The SMILES string of the molecule is CNC(=O)c1ccc(N(C)C(=O)c2cc3c(s2)-c2ccc(Br)cc2OCC3)c(Cl)c1. The van der Waals surface area contributed by atoms with Gasteiger partial charge in [-0.15, -0.1) is 11.3 Å². The molecule has 0 spiro atoms. The van der Waals surface area contributed by atoms with E-state index < -0.39 is 0 Å². The fraction of sp³-hybridized carbons (Fsp3) is 0.182. The second-order valence-electron chi connectivity index (χ2n) is 6.81. The van der Waals surface area contributed by atoms with Crippen LogP contribution < -0.4 is 15.0 Å². The van der Waals surface area contributed by atoms with E-state index in [2.05, 4.69) is 21.2 Å². The van der Waals surface area contributed by atoms with Crippen molar-refractivity contribution in [3.63, 3.8) is 0 Å². The van der Waals surface area contributed by atoms with Crippen molar-refractivity contribution in [2.45, 2.75) is 6.42 Å². The molecular weight excluding hydrogens is 488 g/mol. The van der Waals surface area contributed by atoms with Gasteiger partial charge in [0, 0.05) is 41.0 Å². The molecule has 0 fully saturated rings. The van der Waals surface area contributed by atoms with E-state index in [0.717, 1.165) is 32.6 Å². The van der Waals surface area contributed by atoms with Crippen molar-refractivity contribution in [1.29, 1.82) is 0 Å². The Bertz CT molecular complexity index is 1160. The standard InChI is InChI=1S/C22H18BrClN2O3S/c1-25-21(27)13-3-6-17(16(24)9-13)26(2)22(28)19-10-12-7-8-29-18-11-14(23)4-5-15(18)20(12)30-19/h3-6,9-11H,7-8H2,1-2H3,(H,25,27). The number of nitrogens with zero attached hydrogens (tertiary/aromatic N) is 1. The number of halogens is 2. The summed E-state index contributed by atoms with van der Waals surface area (Å²) in [4.78, 5) is 28.2. The van der Waals surface area contributed by atoms with Gasteiger partial charge in [0.25, 0.3) is 11.8 Å². The Balaban J connectivity index is 1.66. The summed E-state index contributed by atoms with van der Waals surface area (Å²) in [5, 5.41) is 2.90. The number of benzene rings is 2. The minimum Gasteiger partial charge on any atom is -0.493 e. The van der Waals surface area contributed by atoms with Gasteiger partial charge in [-0.1, -0.05) is 27.5 Å². The van der Waals surface area contributed by atoms with Crippen molar-refractivity contribution in [1.82, 2.24) is 5.32 Å². The first-order valence-corrected chi connectivity index (χ1v) is 11.2. The minimum atomic E-state index is -0.230. The highest BCUT2D eigenvalue weighted by Crippen LogP contribution is 2.42. The first kappa shape index (κ1) is 20.9. The maximum absolute atomic E-state index is 13.2. The molecule has 2 amide bonds. The minimum absolute atomic E-state index is 0.151. The number of hydrogen-bond donors (Lipinski definition) is 1. The van der Waals surface area contributed by atoms with Crippen LogP contribution in [0.4, 0.5) is 5.69 Å². The van der Waals surface area contributed by atoms with E-state index in [4.69, 9.17) is 16.3 Å². The third-order valence-corrected chi connectivity index (χ3v) is 6.93. The molecule has 0 saturated carbocycles. The van der Waals surface area contributed by atoms with E-state index in [-0.39, 0.29) is 11.8 Å². The van der Waals surface area contributed by atoms with Gasteiger partial charge in [0.15, 0.2) is 0 Å². The van der Waals surface area contributed by atoms with Crippen LogP contribution in [-0.4, -0.2) is 32.5 Å². The maximum Gasteiger partial charge on any atom is 0.268 e. The van der Waals surface area contributed by atoms with Gasteiger partial charge in [-0.2, -0.15) is 0 Å². The zero-order valence-electron chi connectivity index (χ0n) is 16.3. The Morgan fingerprint density at radius 1 is 1.20 bits per heavy atom. The second kappa shape index (κ2) is 8.41. The Morgan fingerprint density at radius 3 is 2.73 bits per heavy atom. The molecule has 2 heterocycles. The summed E-state index contributed by atoms with van der Waals surface area (Å²) in [6.07, 6.45) is 0.733. The molecule has 0 aliphatic carbocycles. The number of amides is 2. The number of fused-ring (bicyclic) bond motifs is 3. The maximum atomic E-state index is 13.2. The average molecular weight is 506 g/mol. The number of ether oxygens (including phenoxy) is 1. The molecule has 154 valence electrons. The van der Waals surface area contributed by atoms with E-state index in [9.17, 15) is 9.59 Å². The van der Waals surface area contributed by atoms with Crippen molar-refractivity contribution in [3.05, 3.63) is 68.0 Å². The largest absolute Gasteiger partial charge is 0.493 e. The predicted octanol–water partition coefficient (Wildman–Crippen LogP) is 5.40. The van der Waals surface area contributed by atoms with Gasteiger partial charge in [0.1, 0.15) is 5.75 Å². The van der Waals surface area contributed by atoms with Gasteiger partial charge < -0.3 is 15.0 Å². The van der Waals surface area contributed by atoms with Gasteiger partial charge in [0.2, 0.25) is 0 Å². The molecular formula is C22H18BrClN2O3S. The lowest BCUT2D eigenvalue weighted by Crippen LogP contribution is -2.26. The molecule has 0 atom stereocenters. The highest BCUT2D eigenvalue weighted by Gasteiger charge is 2.24. The molecule has 4 rings (SSSR count). The van der Waals surface area contributed by atoms with Crippen LogP contribution in [0.1, 0.15) is 25.6 Å². The van der Waals surface area contributed by atoms with Crippen LogP contribution >= 0.6 is 38.9 Å². The molecule has 8 heteroatoms. The number of carbonyl (C=O) groups excluding carboxylic acids is 2. The molecule has 1 N–H and O–H groups in total. The molecule has 1 aliphatic heterocycles. The van der Waals surface area contributed by atoms with Gasteiger partial charge in [-0.25, -0.2) is 0 Å². The summed E-state index contributed by atoms with van der Waals surface area (Å²) >= 11 is 11.3. The summed E-state index contributed by atoms with van der Waals surface area (Å²) in [6.45, 7) is 0.559. The van der Waals surface area contributed by atoms with Crippen LogP contribution in [-0.2, 0) is 6.42 Å². The molecule has 2 aromatic carbocycles. The molecule has 1 aliphatic rings. The molecule has 1 aromatic heterocycles. The zero-order chi connectivity index (χ0) is 21.4. The van der Waals surface area contributed by atoms with E-state index in [1.807, 2.05) is 24.3 Å². The van der Waals surface area contributed by atoms with Gasteiger partial charge >= 0.3 is 0 Å². The van der Waals surface area contributed by atoms with Crippen LogP contribution in [0.25, 0.3) is 10.4 Å². The molecule has 0 bridgehead atoms. The lowest BCUT2D eigenvalue weighted by molar-refractivity contribution is 0.0962. The molecule has 3 aromatic rings. The fourth-order valence-corrected chi connectivity index (χ4v) is 5.22.